The van der Waals surface area contributed by atoms with E-state index in [1.807, 2.05) is 6.07 Å². The van der Waals surface area contributed by atoms with Gasteiger partial charge in [0.05, 0.1) is 7.11 Å². The fraction of sp³-hybridized carbons (Fsp3) is 0.545. The Morgan fingerprint density at radius 2 is 2.24 bits per heavy atom. The molecule has 0 saturated carbocycles. The molecule has 0 spiro atoms. The number of carbonyl (C=O) groups is 1. The molecule has 0 bridgehead atoms. The van der Waals surface area contributed by atoms with Crippen molar-refractivity contribution in [3.8, 4) is 0 Å². The Kier molecular flexibility index (Phi) is 3.74. The lowest BCUT2D eigenvalue weighted by molar-refractivity contribution is -0.138. The van der Waals surface area contributed by atoms with E-state index in [9.17, 15) is 4.79 Å². The average Bonchev–Trinajstić information content (AvgIpc) is 2.90. The maximum Gasteiger partial charge on any atom is 0.325 e. The highest BCUT2D eigenvalue weighted by atomic mass is 16.5. The second-order valence-corrected chi connectivity index (χ2v) is 3.89. The summed E-state index contributed by atoms with van der Waals surface area (Å²) in [5.74, 6) is 1.24. The molecule has 1 aliphatic rings. The summed E-state index contributed by atoms with van der Waals surface area (Å²) >= 11 is 0. The molecule has 6 nitrogen and oxygen atoms in total. The van der Waals surface area contributed by atoms with Crippen molar-refractivity contribution in [1.82, 2.24) is 9.97 Å². The quantitative estimate of drug-likeness (QED) is 0.775. The number of nitrogens with zero attached hydrogens (tertiary/aromatic N) is 3. The molecule has 0 unspecified atom stereocenters. The Balaban J connectivity index is 1.98. The van der Waals surface area contributed by atoms with Gasteiger partial charge in [0.25, 0.3) is 0 Å². The van der Waals surface area contributed by atoms with Gasteiger partial charge < -0.3 is 15.0 Å². The minimum absolute atomic E-state index is 0.118. The molecule has 0 aromatic carbocycles. The highest BCUT2D eigenvalue weighted by Crippen LogP contribution is 2.18. The second-order valence-electron chi connectivity index (χ2n) is 3.89. The second kappa shape index (κ2) is 5.47. The molecule has 0 atom stereocenters. The molecule has 92 valence electrons. The number of methoxy groups -OCH3 is 1. The first-order valence-corrected chi connectivity index (χ1v) is 5.67. The van der Waals surface area contributed by atoms with Crippen LogP contribution in [-0.4, -0.2) is 42.7 Å². The summed E-state index contributed by atoms with van der Waals surface area (Å²) in [6, 6.07) is 1.86. The van der Waals surface area contributed by atoms with E-state index in [1.54, 1.807) is 0 Å². The summed E-state index contributed by atoms with van der Waals surface area (Å²) < 4.78 is 4.55. The summed E-state index contributed by atoms with van der Waals surface area (Å²) in [4.78, 5) is 21.5. The van der Waals surface area contributed by atoms with E-state index in [4.69, 9.17) is 0 Å². The van der Waals surface area contributed by atoms with Gasteiger partial charge in [-0.2, -0.15) is 0 Å². The number of hydrogen-bond donors (Lipinski definition) is 1. The van der Waals surface area contributed by atoms with Crippen LogP contribution in [0.5, 0.6) is 0 Å². The molecule has 2 heterocycles. The third kappa shape index (κ3) is 3.05. The van der Waals surface area contributed by atoms with Gasteiger partial charge in [0.1, 0.15) is 24.5 Å². The summed E-state index contributed by atoms with van der Waals surface area (Å²) in [5.41, 5.74) is 0. The van der Waals surface area contributed by atoms with Crippen LogP contribution >= 0.6 is 0 Å². The van der Waals surface area contributed by atoms with Crippen LogP contribution in [0.2, 0.25) is 0 Å². The molecule has 1 fully saturated rings. The fourth-order valence-electron chi connectivity index (χ4n) is 1.80. The van der Waals surface area contributed by atoms with Gasteiger partial charge in [-0.15, -0.1) is 0 Å². The van der Waals surface area contributed by atoms with Gasteiger partial charge in [-0.25, -0.2) is 9.97 Å². The molecule has 1 N–H and O–H groups in total. The van der Waals surface area contributed by atoms with Crippen molar-refractivity contribution in [3.05, 3.63) is 12.4 Å². The predicted octanol–water partition coefficient (Wildman–Crippen LogP) is 0.662. The maximum atomic E-state index is 11.0. The molecular formula is C11H16N4O2. The Hall–Kier alpha value is -1.85. The van der Waals surface area contributed by atoms with E-state index in [2.05, 4.69) is 24.9 Å². The number of rotatable bonds is 4. The molecule has 0 radical (unpaired) electrons. The van der Waals surface area contributed by atoms with Crippen LogP contribution in [0.3, 0.4) is 0 Å². The van der Waals surface area contributed by atoms with Gasteiger partial charge in [0, 0.05) is 19.2 Å². The summed E-state index contributed by atoms with van der Waals surface area (Å²) in [7, 11) is 1.36. The standard InChI is InChI=1S/C11H16N4O2/c1-17-11(16)7-12-9-6-10(14-8-13-9)15-4-2-3-5-15/h6,8H,2-5,7H2,1H3,(H,12,13,14). The molecule has 6 heteroatoms. The summed E-state index contributed by atoms with van der Waals surface area (Å²) in [6.07, 6.45) is 3.91. The minimum atomic E-state index is -0.314. The number of nitrogens with one attached hydrogen (secondary N) is 1. The normalized spacial score (nSPS) is 14.8. The zero-order valence-electron chi connectivity index (χ0n) is 9.85. The zero-order valence-corrected chi connectivity index (χ0v) is 9.85. The minimum Gasteiger partial charge on any atom is -0.468 e. The van der Waals surface area contributed by atoms with Crippen molar-refractivity contribution in [2.24, 2.45) is 0 Å². The van der Waals surface area contributed by atoms with Crippen molar-refractivity contribution < 1.29 is 9.53 Å². The van der Waals surface area contributed by atoms with Crippen molar-refractivity contribution in [2.45, 2.75) is 12.8 Å². The van der Waals surface area contributed by atoms with Crippen molar-refractivity contribution in [2.75, 3.05) is 37.0 Å². The van der Waals surface area contributed by atoms with E-state index in [0.717, 1.165) is 18.9 Å². The van der Waals surface area contributed by atoms with Gasteiger partial charge in [0.2, 0.25) is 0 Å². The molecule has 2 rings (SSSR count). The predicted molar refractivity (Wildman–Crippen MR) is 64.0 cm³/mol. The highest BCUT2D eigenvalue weighted by Gasteiger charge is 2.14. The fourth-order valence-corrected chi connectivity index (χ4v) is 1.80. The number of hydrogen-bond acceptors (Lipinski definition) is 6. The average molecular weight is 236 g/mol. The molecule has 1 aromatic heterocycles. The van der Waals surface area contributed by atoms with Crippen molar-refractivity contribution in [3.63, 3.8) is 0 Å². The molecule has 1 aliphatic heterocycles. The topological polar surface area (TPSA) is 67.3 Å². The molecule has 1 aromatic rings. The van der Waals surface area contributed by atoms with Crippen LogP contribution < -0.4 is 10.2 Å². The molecule has 17 heavy (non-hydrogen) atoms. The van der Waals surface area contributed by atoms with E-state index in [0.29, 0.717) is 5.82 Å². The van der Waals surface area contributed by atoms with E-state index >= 15 is 0 Å². The number of anilines is 2. The molecule has 0 aliphatic carbocycles. The van der Waals surface area contributed by atoms with E-state index in [-0.39, 0.29) is 12.5 Å². The van der Waals surface area contributed by atoms with Crippen LogP contribution in [0.1, 0.15) is 12.8 Å². The largest absolute Gasteiger partial charge is 0.468 e. The van der Waals surface area contributed by atoms with Gasteiger partial charge >= 0.3 is 5.97 Å². The van der Waals surface area contributed by atoms with Gasteiger partial charge in [-0.1, -0.05) is 0 Å². The SMILES string of the molecule is COC(=O)CNc1cc(N2CCCC2)ncn1. The Morgan fingerprint density at radius 3 is 2.94 bits per heavy atom. The Bertz CT molecular complexity index is 391. The Morgan fingerprint density at radius 1 is 1.47 bits per heavy atom. The van der Waals surface area contributed by atoms with Crippen LogP contribution in [0.4, 0.5) is 11.6 Å². The van der Waals surface area contributed by atoms with Crippen molar-refractivity contribution >= 4 is 17.6 Å². The van der Waals surface area contributed by atoms with Crippen LogP contribution in [0.15, 0.2) is 12.4 Å². The smallest absolute Gasteiger partial charge is 0.325 e. The van der Waals surface area contributed by atoms with Gasteiger partial charge in [0.15, 0.2) is 0 Å². The monoisotopic (exact) mass is 236 g/mol. The lowest BCUT2D eigenvalue weighted by Crippen LogP contribution is -2.20. The first kappa shape index (κ1) is 11.6. The third-order valence-corrected chi connectivity index (χ3v) is 2.72. The number of esters is 1. The van der Waals surface area contributed by atoms with Crippen LogP contribution in [0, 0.1) is 0 Å². The van der Waals surface area contributed by atoms with E-state index in [1.165, 1.54) is 26.3 Å². The Labute approximate surface area is 100 Å². The molecule has 1 saturated heterocycles. The van der Waals surface area contributed by atoms with Crippen LogP contribution in [0.25, 0.3) is 0 Å². The first-order chi connectivity index (χ1) is 8.29. The molecule has 0 amide bonds. The summed E-state index contributed by atoms with van der Waals surface area (Å²) in [5, 5.41) is 2.91. The number of ether oxygens (including phenoxy) is 1. The highest BCUT2D eigenvalue weighted by molar-refractivity contribution is 5.74. The van der Waals surface area contributed by atoms with Gasteiger partial charge in [-0.3, -0.25) is 4.79 Å². The third-order valence-electron chi connectivity index (χ3n) is 2.72. The number of carbonyl (C=O) groups excluding carboxylic acids is 1. The lowest BCUT2D eigenvalue weighted by Gasteiger charge is -2.16. The number of aromatic nitrogens is 2. The van der Waals surface area contributed by atoms with E-state index < -0.39 is 0 Å². The maximum absolute atomic E-state index is 11.0. The lowest BCUT2D eigenvalue weighted by atomic mass is 10.4. The molecular weight excluding hydrogens is 220 g/mol. The summed E-state index contributed by atoms with van der Waals surface area (Å²) in [6.45, 7) is 2.19. The van der Waals surface area contributed by atoms with Gasteiger partial charge in [-0.05, 0) is 12.8 Å². The zero-order chi connectivity index (χ0) is 12.1. The van der Waals surface area contributed by atoms with Crippen LogP contribution in [-0.2, 0) is 9.53 Å². The first-order valence-electron chi connectivity index (χ1n) is 5.67. The van der Waals surface area contributed by atoms with Crippen molar-refractivity contribution in [1.29, 1.82) is 0 Å².